The SMILES string of the molecule is CCN(CC1CCCCN1)S(=O)(=O)c1ncccc1F. The van der Waals surface area contributed by atoms with Crippen molar-refractivity contribution in [3.05, 3.63) is 24.1 Å². The van der Waals surface area contributed by atoms with Crippen LogP contribution in [0.1, 0.15) is 26.2 Å². The summed E-state index contributed by atoms with van der Waals surface area (Å²) < 4.78 is 39.9. The maximum absolute atomic E-state index is 13.7. The molecule has 5 nitrogen and oxygen atoms in total. The van der Waals surface area contributed by atoms with Gasteiger partial charge in [-0.3, -0.25) is 0 Å². The molecule has 1 aromatic rings. The van der Waals surface area contributed by atoms with E-state index >= 15 is 0 Å². The van der Waals surface area contributed by atoms with Gasteiger partial charge in [-0.15, -0.1) is 0 Å². The van der Waals surface area contributed by atoms with E-state index < -0.39 is 20.9 Å². The van der Waals surface area contributed by atoms with E-state index in [0.29, 0.717) is 13.1 Å². The van der Waals surface area contributed by atoms with Crippen LogP contribution in [0, 0.1) is 5.82 Å². The number of hydrogen-bond donors (Lipinski definition) is 1. The standard InChI is InChI=1S/C13H20FN3O2S/c1-2-17(10-11-6-3-4-8-15-11)20(18,19)13-12(14)7-5-9-16-13/h5,7,9,11,15H,2-4,6,8,10H2,1H3. The van der Waals surface area contributed by atoms with Crippen LogP contribution in [-0.4, -0.2) is 43.4 Å². The molecule has 1 fully saturated rings. The van der Waals surface area contributed by atoms with E-state index in [9.17, 15) is 12.8 Å². The van der Waals surface area contributed by atoms with E-state index in [2.05, 4.69) is 10.3 Å². The van der Waals surface area contributed by atoms with Crippen molar-refractivity contribution in [2.75, 3.05) is 19.6 Å². The fourth-order valence-electron chi connectivity index (χ4n) is 2.41. The summed E-state index contributed by atoms with van der Waals surface area (Å²) in [6.45, 7) is 3.31. The van der Waals surface area contributed by atoms with Crippen molar-refractivity contribution >= 4 is 10.0 Å². The molecule has 1 aliphatic heterocycles. The molecule has 0 aromatic carbocycles. The quantitative estimate of drug-likeness (QED) is 0.892. The van der Waals surface area contributed by atoms with Gasteiger partial charge in [0, 0.05) is 25.3 Å². The number of piperidine rings is 1. The Labute approximate surface area is 119 Å². The molecule has 0 aliphatic carbocycles. The smallest absolute Gasteiger partial charge is 0.263 e. The number of rotatable bonds is 5. The van der Waals surface area contributed by atoms with Gasteiger partial charge < -0.3 is 5.32 Å². The van der Waals surface area contributed by atoms with Gasteiger partial charge in [0.15, 0.2) is 5.82 Å². The first kappa shape index (κ1) is 15.3. The Morgan fingerprint density at radius 3 is 2.90 bits per heavy atom. The van der Waals surface area contributed by atoms with Crippen LogP contribution in [0.5, 0.6) is 0 Å². The lowest BCUT2D eigenvalue weighted by Gasteiger charge is -2.29. The molecule has 20 heavy (non-hydrogen) atoms. The Morgan fingerprint density at radius 2 is 2.30 bits per heavy atom. The molecule has 1 aliphatic rings. The molecule has 2 heterocycles. The second-order valence-corrected chi connectivity index (χ2v) is 6.75. The van der Waals surface area contributed by atoms with Crippen molar-refractivity contribution in [2.24, 2.45) is 0 Å². The number of nitrogens with zero attached hydrogens (tertiary/aromatic N) is 2. The van der Waals surface area contributed by atoms with Crippen molar-refractivity contribution in [1.82, 2.24) is 14.6 Å². The lowest BCUT2D eigenvalue weighted by Crippen LogP contribution is -2.45. The van der Waals surface area contributed by atoms with Gasteiger partial charge >= 0.3 is 0 Å². The molecule has 1 N–H and O–H groups in total. The van der Waals surface area contributed by atoms with Crippen molar-refractivity contribution in [2.45, 2.75) is 37.3 Å². The Bertz CT molecular complexity index is 544. The first-order chi connectivity index (χ1) is 9.55. The highest BCUT2D eigenvalue weighted by Gasteiger charge is 2.29. The minimum Gasteiger partial charge on any atom is -0.313 e. The first-order valence-corrected chi connectivity index (χ1v) is 8.33. The van der Waals surface area contributed by atoms with Crippen molar-refractivity contribution in [3.63, 3.8) is 0 Å². The summed E-state index contributed by atoms with van der Waals surface area (Å²) in [6.07, 6.45) is 4.44. The molecule has 0 spiro atoms. The molecular formula is C13H20FN3O2S. The van der Waals surface area contributed by atoms with Crippen LogP contribution in [0.25, 0.3) is 0 Å². The van der Waals surface area contributed by atoms with Crippen LogP contribution in [0.3, 0.4) is 0 Å². The van der Waals surface area contributed by atoms with Crippen LogP contribution in [-0.2, 0) is 10.0 Å². The lowest BCUT2D eigenvalue weighted by molar-refractivity contribution is 0.318. The van der Waals surface area contributed by atoms with Crippen LogP contribution >= 0.6 is 0 Å². The van der Waals surface area contributed by atoms with Crippen LogP contribution in [0.2, 0.25) is 0 Å². The predicted octanol–water partition coefficient (Wildman–Crippen LogP) is 1.37. The highest BCUT2D eigenvalue weighted by Crippen LogP contribution is 2.18. The van der Waals surface area contributed by atoms with Crippen molar-refractivity contribution < 1.29 is 12.8 Å². The molecule has 0 bridgehead atoms. The summed E-state index contributed by atoms with van der Waals surface area (Å²) in [7, 11) is -3.87. The Kier molecular flexibility index (Phi) is 5.06. The van der Waals surface area contributed by atoms with E-state index in [1.807, 2.05) is 0 Å². The number of nitrogens with one attached hydrogen (secondary N) is 1. The fourth-order valence-corrected chi connectivity index (χ4v) is 3.88. The molecule has 0 amide bonds. The summed E-state index contributed by atoms with van der Waals surface area (Å²) in [5.41, 5.74) is 0. The van der Waals surface area contributed by atoms with Crippen molar-refractivity contribution in [1.29, 1.82) is 0 Å². The zero-order chi connectivity index (χ0) is 14.6. The van der Waals surface area contributed by atoms with Gasteiger partial charge in [-0.1, -0.05) is 13.3 Å². The summed E-state index contributed by atoms with van der Waals surface area (Å²) in [5, 5.41) is 2.81. The van der Waals surface area contributed by atoms with E-state index in [4.69, 9.17) is 0 Å². The van der Waals surface area contributed by atoms with Gasteiger partial charge in [-0.25, -0.2) is 17.8 Å². The summed E-state index contributed by atoms with van der Waals surface area (Å²) >= 11 is 0. The van der Waals surface area contributed by atoms with Gasteiger partial charge in [-0.2, -0.15) is 4.31 Å². The average molecular weight is 301 g/mol. The second kappa shape index (κ2) is 6.60. The Balaban J connectivity index is 2.19. The van der Waals surface area contributed by atoms with Gasteiger partial charge in [0.05, 0.1) is 0 Å². The summed E-state index contributed by atoms with van der Waals surface area (Å²) in [5.74, 6) is -0.803. The van der Waals surface area contributed by atoms with Gasteiger partial charge in [-0.05, 0) is 31.5 Å². The molecule has 2 rings (SSSR count). The molecule has 1 atom stereocenters. The maximum atomic E-state index is 13.7. The minimum atomic E-state index is -3.87. The zero-order valence-corrected chi connectivity index (χ0v) is 12.4. The molecule has 0 radical (unpaired) electrons. The zero-order valence-electron chi connectivity index (χ0n) is 11.5. The molecule has 0 saturated carbocycles. The van der Waals surface area contributed by atoms with Gasteiger partial charge in [0.2, 0.25) is 5.03 Å². The Morgan fingerprint density at radius 1 is 1.50 bits per heavy atom. The number of sulfonamides is 1. The molecular weight excluding hydrogens is 281 g/mol. The van der Waals surface area contributed by atoms with Gasteiger partial charge in [0.1, 0.15) is 0 Å². The third kappa shape index (κ3) is 3.34. The van der Waals surface area contributed by atoms with E-state index in [0.717, 1.165) is 31.9 Å². The van der Waals surface area contributed by atoms with E-state index in [-0.39, 0.29) is 6.04 Å². The maximum Gasteiger partial charge on any atom is 0.263 e. The van der Waals surface area contributed by atoms with Crippen LogP contribution < -0.4 is 5.32 Å². The third-order valence-electron chi connectivity index (χ3n) is 3.50. The first-order valence-electron chi connectivity index (χ1n) is 6.89. The monoisotopic (exact) mass is 301 g/mol. The molecule has 1 aromatic heterocycles. The second-order valence-electron chi connectivity index (χ2n) is 4.89. The summed E-state index contributed by atoms with van der Waals surface area (Å²) in [4.78, 5) is 3.69. The van der Waals surface area contributed by atoms with E-state index in [1.165, 1.54) is 16.6 Å². The largest absolute Gasteiger partial charge is 0.313 e. The molecule has 112 valence electrons. The third-order valence-corrected chi connectivity index (χ3v) is 5.37. The predicted molar refractivity (Wildman–Crippen MR) is 74.3 cm³/mol. The number of halogens is 1. The topological polar surface area (TPSA) is 62.3 Å². The van der Waals surface area contributed by atoms with E-state index in [1.54, 1.807) is 6.92 Å². The number of pyridine rings is 1. The molecule has 1 saturated heterocycles. The normalized spacial score (nSPS) is 20.2. The lowest BCUT2D eigenvalue weighted by atomic mass is 10.1. The van der Waals surface area contributed by atoms with Crippen LogP contribution in [0.15, 0.2) is 23.4 Å². The minimum absolute atomic E-state index is 0.130. The summed E-state index contributed by atoms with van der Waals surface area (Å²) in [6, 6.07) is 2.63. The number of hydrogen-bond acceptors (Lipinski definition) is 4. The van der Waals surface area contributed by atoms with Crippen molar-refractivity contribution in [3.8, 4) is 0 Å². The average Bonchev–Trinajstić information content (AvgIpc) is 2.46. The highest BCUT2D eigenvalue weighted by molar-refractivity contribution is 7.89. The molecule has 1 unspecified atom stereocenters. The number of likely N-dealkylation sites (N-methyl/N-ethyl adjacent to an activating group) is 1. The van der Waals surface area contributed by atoms with Crippen LogP contribution in [0.4, 0.5) is 4.39 Å². The highest BCUT2D eigenvalue weighted by atomic mass is 32.2. The molecule has 7 heteroatoms. The van der Waals surface area contributed by atoms with Gasteiger partial charge in [0.25, 0.3) is 10.0 Å². The Hall–Kier alpha value is -1.05. The fraction of sp³-hybridized carbons (Fsp3) is 0.615. The number of aromatic nitrogens is 1.